The highest BCUT2D eigenvalue weighted by molar-refractivity contribution is 5.84. The molecule has 0 amide bonds. The Bertz CT molecular complexity index is 803. The van der Waals surface area contributed by atoms with Crippen molar-refractivity contribution in [3.05, 3.63) is 59.2 Å². The SMILES string of the molecule is CCOC(=O)CNc1ccc(C)cc1C(Nc1ccc(C)cc1)C(=O)OCC. The fourth-order valence-corrected chi connectivity index (χ4v) is 2.77. The molecule has 0 aromatic heterocycles. The monoisotopic (exact) mass is 384 g/mol. The molecule has 2 aromatic rings. The highest BCUT2D eigenvalue weighted by atomic mass is 16.5. The van der Waals surface area contributed by atoms with E-state index in [1.165, 1.54) is 0 Å². The maximum atomic E-state index is 12.7. The van der Waals surface area contributed by atoms with Gasteiger partial charge in [-0.05, 0) is 45.9 Å². The van der Waals surface area contributed by atoms with Crippen LogP contribution in [-0.2, 0) is 19.1 Å². The summed E-state index contributed by atoms with van der Waals surface area (Å²) in [6, 6.07) is 12.8. The predicted octanol–water partition coefficient (Wildman–Crippen LogP) is 3.99. The summed E-state index contributed by atoms with van der Waals surface area (Å²) < 4.78 is 10.3. The summed E-state index contributed by atoms with van der Waals surface area (Å²) in [7, 11) is 0. The molecule has 0 bridgehead atoms. The number of nitrogens with one attached hydrogen (secondary N) is 2. The zero-order valence-electron chi connectivity index (χ0n) is 16.9. The topological polar surface area (TPSA) is 76.7 Å². The third-order valence-electron chi connectivity index (χ3n) is 4.13. The molecule has 6 heteroatoms. The van der Waals surface area contributed by atoms with E-state index in [0.717, 1.165) is 16.8 Å². The van der Waals surface area contributed by atoms with Crippen LogP contribution in [0.2, 0.25) is 0 Å². The summed E-state index contributed by atoms with van der Waals surface area (Å²) in [5, 5.41) is 6.33. The normalized spacial score (nSPS) is 11.4. The molecule has 6 nitrogen and oxygen atoms in total. The molecule has 0 heterocycles. The van der Waals surface area contributed by atoms with Crippen molar-refractivity contribution in [2.45, 2.75) is 33.7 Å². The lowest BCUT2D eigenvalue weighted by Crippen LogP contribution is -2.25. The van der Waals surface area contributed by atoms with Gasteiger partial charge in [0.05, 0.1) is 13.2 Å². The van der Waals surface area contributed by atoms with Crippen LogP contribution < -0.4 is 10.6 Å². The summed E-state index contributed by atoms with van der Waals surface area (Å²) in [5.74, 6) is -0.735. The number of carbonyl (C=O) groups is 2. The number of ether oxygens (including phenoxy) is 2. The molecule has 2 N–H and O–H groups in total. The zero-order valence-corrected chi connectivity index (χ0v) is 16.9. The molecule has 0 aliphatic heterocycles. The van der Waals surface area contributed by atoms with E-state index in [-0.39, 0.29) is 25.1 Å². The van der Waals surface area contributed by atoms with E-state index in [9.17, 15) is 9.59 Å². The molecule has 0 fully saturated rings. The van der Waals surface area contributed by atoms with Gasteiger partial charge in [-0.1, -0.05) is 35.4 Å². The summed E-state index contributed by atoms with van der Waals surface area (Å²) in [4.78, 5) is 24.4. The molecule has 2 aromatic carbocycles. The summed E-state index contributed by atoms with van der Waals surface area (Å²) >= 11 is 0. The van der Waals surface area contributed by atoms with Crippen molar-refractivity contribution in [3.63, 3.8) is 0 Å². The van der Waals surface area contributed by atoms with E-state index >= 15 is 0 Å². The number of anilines is 2. The van der Waals surface area contributed by atoms with E-state index in [0.29, 0.717) is 17.9 Å². The molecule has 0 radical (unpaired) electrons. The van der Waals surface area contributed by atoms with Gasteiger partial charge in [0, 0.05) is 16.9 Å². The number of benzene rings is 2. The summed E-state index contributed by atoms with van der Waals surface area (Å²) in [6.07, 6.45) is 0. The Kier molecular flexibility index (Phi) is 7.87. The highest BCUT2D eigenvalue weighted by Gasteiger charge is 2.25. The summed E-state index contributed by atoms with van der Waals surface area (Å²) in [5.41, 5.74) is 4.32. The lowest BCUT2D eigenvalue weighted by Gasteiger charge is -2.22. The lowest BCUT2D eigenvalue weighted by atomic mass is 10.0. The third-order valence-corrected chi connectivity index (χ3v) is 4.13. The second-order valence-corrected chi connectivity index (χ2v) is 6.44. The van der Waals surface area contributed by atoms with Crippen LogP contribution in [0.1, 0.15) is 36.6 Å². The molecule has 0 aliphatic carbocycles. The van der Waals surface area contributed by atoms with Crippen LogP contribution in [0, 0.1) is 13.8 Å². The number of hydrogen-bond donors (Lipinski definition) is 2. The van der Waals surface area contributed by atoms with E-state index in [2.05, 4.69) is 10.6 Å². The van der Waals surface area contributed by atoms with Crippen molar-refractivity contribution in [2.24, 2.45) is 0 Å². The van der Waals surface area contributed by atoms with Gasteiger partial charge in [-0.25, -0.2) is 4.79 Å². The van der Waals surface area contributed by atoms with Crippen LogP contribution in [0.4, 0.5) is 11.4 Å². The van der Waals surface area contributed by atoms with Crippen LogP contribution in [-0.4, -0.2) is 31.7 Å². The Morgan fingerprint density at radius 3 is 2.21 bits per heavy atom. The van der Waals surface area contributed by atoms with Crippen molar-refractivity contribution in [3.8, 4) is 0 Å². The van der Waals surface area contributed by atoms with E-state index in [4.69, 9.17) is 9.47 Å². The van der Waals surface area contributed by atoms with Gasteiger partial charge in [0.1, 0.15) is 6.54 Å². The van der Waals surface area contributed by atoms with E-state index < -0.39 is 6.04 Å². The number of rotatable bonds is 9. The third kappa shape index (κ3) is 6.01. The second kappa shape index (κ2) is 10.3. The Labute approximate surface area is 166 Å². The molecule has 150 valence electrons. The van der Waals surface area contributed by atoms with Gasteiger partial charge in [-0.3, -0.25) is 4.79 Å². The maximum absolute atomic E-state index is 12.7. The molecule has 0 saturated carbocycles. The quantitative estimate of drug-likeness (QED) is 0.637. The Hall–Kier alpha value is -3.02. The molecule has 2 rings (SSSR count). The fraction of sp³-hybridized carbons (Fsp3) is 0.364. The van der Waals surface area contributed by atoms with Gasteiger partial charge in [-0.15, -0.1) is 0 Å². The van der Waals surface area contributed by atoms with Crippen molar-refractivity contribution in [1.82, 2.24) is 0 Å². The van der Waals surface area contributed by atoms with Crippen molar-refractivity contribution >= 4 is 23.3 Å². The highest BCUT2D eigenvalue weighted by Crippen LogP contribution is 2.29. The van der Waals surface area contributed by atoms with Crippen molar-refractivity contribution in [2.75, 3.05) is 30.4 Å². The first-order valence-electron chi connectivity index (χ1n) is 9.44. The number of esters is 2. The van der Waals surface area contributed by atoms with Crippen LogP contribution in [0.5, 0.6) is 0 Å². The van der Waals surface area contributed by atoms with Crippen molar-refractivity contribution in [1.29, 1.82) is 0 Å². The van der Waals surface area contributed by atoms with E-state index in [1.807, 2.05) is 56.3 Å². The van der Waals surface area contributed by atoms with Crippen LogP contribution in [0.3, 0.4) is 0 Å². The molecule has 1 atom stereocenters. The van der Waals surface area contributed by atoms with E-state index in [1.54, 1.807) is 13.8 Å². The largest absolute Gasteiger partial charge is 0.465 e. The smallest absolute Gasteiger partial charge is 0.333 e. The molecule has 0 aliphatic rings. The Balaban J connectivity index is 2.34. The molecule has 1 unspecified atom stereocenters. The molecule has 28 heavy (non-hydrogen) atoms. The van der Waals surface area contributed by atoms with Gasteiger partial charge in [0.25, 0.3) is 0 Å². The van der Waals surface area contributed by atoms with Gasteiger partial charge < -0.3 is 20.1 Å². The Morgan fingerprint density at radius 2 is 1.57 bits per heavy atom. The zero-order chi connectivity index (χ0) is 20.5. The van der Waals surface area contributed by atoms with Gasteiger partial charge in [0.2, 0.25) is 0 Å². The minimum Gasteiger partial charge on any atom is -0.465 e. The average molecular weight is 384 g/mol. The molecular weight excluding hydrogens is 356 g/mol. The molecule has 0 spiro atoms. The van der Waals surface area contributed by atoms with Gasteiger partial charge >= 0.3 is 11.9 Å². The minimum atomic E-state index is -0.716. The number of carbonyl (C=O) groups excluding carboxylic acids is 2. The van der Waals surface area contributed by atoms with Crippen LogP contribution in [0.25, 0.3) is 0 Å². The number of hydrogen-bond acceptors (Lipinski definition) is 6. The fourth-order valence-electron chi connectivity index (χ4n) is 2.77. The van der Waals surface area contributed by atoms with Gasteiger partial charge in [-0.2, -0.15) is 0 Å². The van der Waals surface area contributed by atoms with Gasteiger partial charge in [0.15, 0.2) is 6.04 Å². The standard InChI is InChI=1S/C22H28N2O4/c1-5-27-20(25)14-23-19-12-9-16(4)13-18(19)21(22(26)28-6-2)24-17-10-7-15(3)8-11-17/h7-13,21,23-24H,5-6,14H2,1-4H3. The first-order chi connectivity index (χ1) is 13.4. The minimum absolute atomic E-state index is 0.0178. The second-order valence-electron chi connectivity index (χ2n) is 6.44. The maximum Gasteiger partial charge on any atom is 0.333 e. The Morgan fingerprint density at radius 1 is 0.929 bits per heavy atom. The van der Waals surface area contributed by atoms with Crippen molar-refractivity contribution < 1.29 is 19.1 Å². The average Bonchev–Trinajstić information content (AvgIpc) is 2.67. The summed E-state index contributed by atoms with van der Waals surface area (Å²) in [6.45, 7) is 8.11. The van der Waals surface area contributed by atoms with Crippen LogP contribution in [0.15, 0.2) is 42.5 Å². The first kappa shape index (κ1) is 21.3. The lowest BCUT2D eigenvalue weighted by molar-refractivity contribution is -0.144. The molecular formula is C22H28N2O4. The number of aryl methyl sites for hydroxylation is 2. The predicted molar refractivity (Wildman–Crippen MR) is 110 cm³/mol. The van der Waals surface area contributed by atoms with Crippen LogP contribution >= 0.6 is 0 Å². The molecule has 0 saturated heterocycles. The first-order valence-corrected chi connectivity index (χ1v) is 9.44.